The summed E-state index contributed by atoms with van der Waals surface area (Å²) in [5.41, 5.74) is 1.08. The van der Waals surface area contributed by atoms with Gasteiger partial charge in [-0.15, -0.1) is 0 Å². The second-order valence-corrected chi connectivity index (χ2v) is 9.20. The molecule has 7 nitrogen and oxygen atoms in total. The molecule has 0 aliphatic heterocycles. The van der Waals surface area contributed by atoms with E-state index in [4.69, 9.17) is 9.84 Å². The zero-order chi connectivity index (χ0) is 24.7. The molecule has 0 spiro atoms. The van der Waals surface area contributed by atoms with Gasteiger partial charge in [0, 0.05) is 32.0 Å². The number of hydrogen-bond donors (Lipinski definition) is 3. The van der Waals surface area contributed by atoms with E-state index >= 15 is 0 Å². The molecule has 0 bridgehead atoms. The maximum Gasteiger partial charge on any atom is 0.247 e. The Morgan fingerprint density at radius 2 is 2.00 bits per heavy atom. The summed E-state index contributed by atoms with van der Waals surface area (Å²) in [5.74, 6) is -0.476. The number of amides is 2. The first-order valence-electron chi connectivity index (χ1n) is 11.0. The summed E-state index contributed by atoms with van der Waals surface area (Å²) < 4.78 is 20.5. The summed E-state index contributed by atoms with van der Waals surface area (Å²) in [6.07, 6.45) is 0.107. The van der Waals surface area contributed by atoms with Gasteiger partial charge >= 0.3 is 0 Å². The lowest BCUT2D eigenvalue weighted by atomic mass is 9.88. The molecule has 0 unspecified atom stereocenters. The van der Waals surface area contributed by atoms with Crippen molar-refractivity contribution in [3.8, 4) is 5.75 Å². The summed E-state index contributed by atoms with van der Waals surface area (Å²) in [4.78, 5) is 26.8. The molecule has 1 aliphatic carbocycles. The van der Waals surface area contributed by atoms with Crippen LogP contribution in [0.25, 0.3) is 0 Å². The Labute approximate surface area is 211 Å². The first-order valence-corrected chi connectivity index (χ1v) is 12.1. The van der Waals surface area contributed by atoms with Gasteiger partial charge in [0.2, 0.25) is 11.8 Å². The van der Waals surface area contributed by atoms with Gasteiger partial charge in [0.1, 0.15) is 23.8 Å². The largest absolute Gasteiger partial charge is 0.482 e. The fourth-order valence-corrected chi connectivity index (χ4v) is 4.48. The van der Waals surface area contributed by atoms with Gasteiger partial charge in [-0.3, -0.25) is 9.59 Å². The van der Waals surface area contributed by atoms with Crippen LogP contribution in [0.3, 0.4) is 0 Å². The molecule has 0 heterocycles. The van der Waals surface area contributed by atoms with E-state index in [1.165, 1.54) is 24.0 Å². The van der Waals surface area contributed by atoms with Crippen molar-refractivity contribution in [1.82, 2.24) is 10.2 Å². The molecule has 34 heavy (non-hydrogen) atoms. The van der Waals surface area contributed by atoms with Gasteiger partial charge in [0.05, 0.1) is 16.2 Å². The first kappa shape index (κ1) is 26.1. The van der Waals surface area contributed by atoms with Gasteiger partial charge in [-0.05, 0) is 64.9 Å². The number of rotatable bonds is 9. The fourth-order valence-electron chi connectivity index (χ4n) is 3.97. The van der Waals surface area contributed by atoms with Crippen LogP contribution in [0, 0.1) is 9.39 Å². The van der Waals surface area contributed by atoms with Crippen molar-refractivity contribution >= 4 is 34.4 Å². The highest BCUT2D eigenvalue weighted by atomic mass is 127. The Bertz CT molecular complexity index is 1050. The predicted molar refractivity (Wildman–Crippen MR) is 134 cm³/mol. The minimum Gasteiger partial charge on any atom is -0.482 e. The molecular formula is C25H28FIN2O5. The molecule has 3 rings (SSSR count). The average molecular weight is 582 g/mol. The average Bonchev–Trinajstić information content (AvgIpc) is 2.81. The number of halogens is 2. The van der Waals surface area contributed by atoms with Crippen molar-refractivity contribution in [2.45, 2.75) is 38.0 Å². The van der Waals surface area contributed by atoms with Crippen LogP contribution in [0.1, 0.15) is 18.9 Å². The van der Waals surface area contributed by atoms with Crippen molar-refractivity contribution in [3.63, 3.8) is 0 Å². The molecule has 0 saturated carbocycles. The molecule has 0 fully saturated rings. The zero-order valence-corrected chi connectivity index (χ0v) is 20.9. The Kier molecular flexibility index (Phi) is 9.43. The van der Waals surface area contributed by atoms with E-state index in [2.05, 4.69) is 27.9 Å². The van der Waals surface area contributed by atoms with E-state index in [1.807, 2.05) is 18.2 Å². The predicted octanol–water partition coefficient (Wildman–Crippen LogP) is 2.44. The molecule has 1 aliphatic rings. The lowest BCUT2D eigenvalue weighted by Gasteiger charge is -2.40. The molecule has 0 aromatic heterocycles. The molecule has 2 aromatic carbocycles. The van der Waals surface area contributed by atoms with Crippen molar-refractivity contribution in [2.75, 3.05) is 19.7 Å². The van der Waals surface area contributed by atoms with E-state index in [-0.39, 0.29) is 37.8 Å². The smallest absolute Gasteiger partial charge is 0.247 e. The van der Waals surface area contributed by atoms with Crippen LogP contribution < -0.4 is 10.1 Å². The highest BCUT2D eigenvalue weighted by molar-refractivity contribution is 14.1. The minimum absolute atomic E-state index is 0.0848. The van der Waals surface area contributed by atoms with Crippen LogP contribution in [-0.4, -0.2) is 64.9 Å². The molecule has 182 valence electrons. The van der Waals surface area contributed by atoms with Crippen molar-refractivity contribution < 1.29 is 28.9 Å². The van der Waals surface area contributed by atoms with Crippen molar-refractivity contribution in [3.05, 3.63) is 75.1 Å². The molecule has 0 radical (unpaired) electrons. The Balaban J connectivity index is 1.87. The quantitative estimate of drug-likeness (QED) is 0.395. The molecule has 0 saturated heterocycles. The molecule has 3 atom stereocenters. The Morgan fingerprint density at radius 3 is 2.68 bits per heavy atom. The number of carbonyl (C=O) groups excluding carboxylic acids is 2. The number of aliphatic hydroxyl groups excluding tert-OH is 2. The van der Waals surface area contributed by atoms with Gasteiger partial charge < -0.3 is 25.2 Å². The summed E-state index contributed by atoms with van der Waals surface area (Å²) in [6.45, 7) is 1.52. The molecule has 2 aromatic rings. The Morgan fingerprint density at radius 1 is 1.24 bits per heavy atom. The second kappa shape index (κ2) is 12.3. The maximum absolute atomic E-state index is 13.6. The number of ether oxygens (including phenoxy) is 1. The van der Waals surface area contributed by atoms with E-state index in [9.17, 15) is 19.1 Å². The van der Waals surface area contributed by atoms with Crippen LogP contribution in [0.4, 0.5) is 4.39 Å². The third-order valence-electron chi connectivity index (χ3n) is 5.65. The van der Waals surface area contributed by atoms with E-state index in [0.29, 0.717) is 17.7 Å². The lowest BCUT2D eigenvalue weighted by Crippen LogP contribution is -2.55. The zero-order valence-electron chi connectivity index (χ0n) is 18.8. The number of nitrogens with zero attached hydrogens (tertiary/aromatic N) is 1. The van der Waals surface area contributed by atoms with Gasteiger partial charge in [0.15, 0.2) is 0 Å². The van der Waals surface area contributed by atoms with Crippen LogP contribution in [0.2, 0.25) is 0 Å². The minimum atomic E-state index is -1.10. The number of benzene rings is 2. The normalized spacial score (nSPS) is 19.8. The number of hydrogen-bond acceptors (Lipinski definition) is 5. The first-order chi connectivity index (χ1) is 16.3. The highest BCUT2D eigenvalue weighted by Gasteiger charge is 2.39. The van der Waals surface area contributed by atoms with Crippen LogP contribution >= 0.6 is 22.6 Å². The number of para-hydroxylation sites is 1. The van der Waals surface area contributed by atoms with Crippen molar-refractivity contribution in [1.29, 1.82) is 0 Å². The van der Waals surface area contributed by atoms with Gasteiger partial charge in [-0.2, -0.15) is 0 Å². The maximum atomic E-state index is 13.6. The summed E-state index contributed by atoms with van der Waals surface area (Å²) in [7, 11) is 0. The monoisotopic (exact) mass is 582 g/mol. The van der Waals surface area contributed by atoms with Crippen LogP contribution in [0.5, 0.6) is 5.75 Å². The molecular weight excluding hydrogens is 554 g/mol. The van der Waals surface area contributed by atoms with Crippen LogP contribution in [0.15, 0.2) is 60.2 Å². The summed E-state index contributed by atoms with van der Waals surface area (Å²) in [5, 5.41) is 22.9. The molecule has 9 heteroatoms. The third-order valence-corrected chi connectivity index (χ3v) is 6.54. The fraction of sp³-hybridized carbons (Fsp3) is 0.360. The lowest BCUT2D eigenvalue weighted by molar-refractivity contribution is -0.136. The SMILES string of the molecule is CC(=O)N(CCc1cccc(F)c1)[C@@H]1CC(C(=O)NCCO)=C[C@H](Oc2ccccc2I)[C@H]1O. The summed E-state index contributed by atoms with van der Waals surface area (Å²) in [6, 6.07) is 12.7. The van der Waals surface area contributed by atoms with Gasteiger partial charge in [-0.1, -0.05) is 24.3 Å². The molecule has 3 N–H and O–H groups in total. The Hall–Kier alpha value is -2.50. The van der Waals surface area contributed by atoms with Gasteiger partial charge in [0.25, 0.3) is 0 Å². The van der Waals surface area contributed by atoms with E-state index in [0.717, 1.165) is 9.13 Å². The third kappa shape index (κ3) is 6.77. The standard InChI is InChI=1S/C25H28FIN2O5/c1-16(31)29(11-9-17-5-4-6-19(26)13-17)21-14-18(25(33)28-10-12-30)15-23(24(21)32)34-22-8-3-2-7-20(22)27/h2-8,13,15,21,23-24,30,32H,9-12,14H2,1H3,(H,28,33)/t21-,23+,24+/m1/s1. The van der Waals surface area contributed by atoms with Crippen molar-refractivity contribution in [2.24, 2.45) is 0 Å². The molecule has 2 amide bonds. The summed E-state index contributed by atoms with van der Waals surface area (Å²) >= 11 is 2.12. The van der Waals surface area contributed by atoms with Gasteiger partial charge in [-0.25, -0.2) is 4.39 Å². The van der Waals surface area contributed by atoms with Crippen LogP contribution in [-0.2, 0) is 16.0 Å². The topological polar surface area (TPSA) is 99.1 Å². The highest BCUT2D eigenvalue weighted by Crippen LogP contribution is 2.29. The number of nitrogens with one attached hydrogen (secondary N) is 1. The van der Waals surface area contributed by atoms with E-state index in [1.54, 1.807) is 24.3 Å². The number of carbonyl (C=O) groups is 2. The number of aliphatic hydroxyl groups is 2. The van der Waals surface area contributed by atoms with E-state index < -0.39 is 24.2 Å². The second-order valence-electron chi connectivity index (χ2n) is 8.04.